The topological polar surface area (TPSA) is 342 Å². The number of esters is 1. The third kappa shape index (κ3) is 17.7. The van der Waals surface area contributed by atoms with E-state index in [0.29, 0.717) is 126 Å². The van der Waals surface area contributed by atoms with E-state index in [-0.39, 0.29) is 88.1 Å². The van der Waals surface area contributed by atoms with Crippen LogP contribution in [-0.4, -0.2) is 159 Å². The minimum absolute atomic E-state index is 0. The van der Waals surface area contributed by atoms with Crippen molar-refractivity contribution in [2.45, 2.75) is 264 Å². The molecule has 6 amide bonds. The van der Waals surface area contributed by atoms with E-state index in [1.54, 1.807) is 48.5 Å². The lowest BCUT2D eigenvalue weighted by atomic mass is 9.87. The van der Waals surface area contributed by atoms with Gasteiger partial charge in [-0.25, -0.2) is 26.8 Å². The zero-order valence-electron chi connectivity index (χ0n) is 62.8. The zero-order chi connectivity index (χ0) is 78.6. The third-order valence-electron chi connectivity index (χ3n) is 23.4. The van der Waals surface area contributed by atoms with E-state index in [9.17, 15) is 76.7 Å². The fourth-order valence-corrected chi connectivity index (χ4v) is 19.0. The summed E-state index contributed by atoms with van der Waals surface area (Å²) in [6.45, 7) is 11.7. The number of alkyl halides is 6. The first-order valence-electron chi connectivity index (χ1n) is 37.5. The van der Waals surface area contributed by atoms with Crippen molar-refractivity contribution in [2.24, 2.45) is 17.8 Å². The number of quaternary nitrogens is 1. The Morgan fingerprint density at radius 3 is 1.43 bits per heavy atom. The van der Waals surface area contributed by atoms with Gasteiger partial charge in [-0.05, 0) is 188 Å². The van der Waals surface area contributed by atoms with Gasteiger partial charge in [0.2, 0.25) is 37.8 Å². The number of allylic oxidation sites excluding steroid dienone is 2. The van der Waals surface area contributed by atoms with Crippen molar-refractivity contribution in [1.82, 2.24) is 39.8 Å². The number of aryl methyl sites for hydroxylation is 4. The predicted octanol–water partition coefficient (Wildman–Crippen LogP) is 6.38. The summed E-state index contributed by atoms with van der Waals surface area (Å²) in [5.41, 5.74) is 1.19. The molecular formula is C76H95Cl2F6N9O16S2. The average molecular weight is 1640 g/mol. The van der Waals surface area contributed by atoms with Crippen LogP contribution in [0.1, 0.15) is 192 Å². The molecule has 2 saturated heterocycles. The van der Waals surface area contributed by atoms with Crippen molar-refractivity contribution < 1.29 is 119 Å². The molecule has 6 fully saturated rings. The number of hydrogen-bond acceptors (Lipinski definition) is 18. The number of amides is 6. The maximum absolute atomic E-state index is 14.8. The number of rotatable bonds is 10. The van der Waals surface area contributed by atoms with Gasteiger partial charge in [0.15, 0.2) is 6.04 Å². The van der Waals surface area contributed by atoms with Crippen molar-refractivity contribution in [1.29, 1.82) is 0 Å². The van der Waals surface area contributed by atoms with Crippen LogP contribution in [0.25, 0.3) is 21.8 Å². The van der Waals surface area contributed by atoms with E-state index < -0.39 is 147 Å². The monoisotopic (exact) mass is 1640 g/mol. The Labute approximate surface area is 652 Å². The average Bonchev–Trinajstić information content (AvgIpc) is 1.58. The standard InChI is InChI=1S/C41H51F3N4O9S.C35H42F3N5O7S.2ClH/c1-24-33-28(29-20-27(55-41(42,43)44)13-14-30(29)45-24)15-16-39(57-33)22-31-34(50)46-40(36(52)47-58(53,54)38(5)17-18-38)21-26(40)12-10-8-6-7-9-11-25(35(51)48(31)23-39)19-32(49)56-37(2,3)4;1-20-28-23(24-16-22(49-35(36,37)38)10-11-26(24)40-20)12-13-33(50-28)18-27-29(44)41-34(31(46)42-51(47,48)32(2)14-15-32)17-21(34)8-6-4-3-5-7-9-25(39)30(45)43(27)19-33;;/h10,12-14,20,25-26,31H,6-9,11,15-19,21-23H2,1-5H3,(H,46,50)(H,47,52);6,8,10-11,16,21,25,27H,3-5,7,9,12-15,17-19,39H2,1-2H3,(H,41,44)(H,42,46);2*1H/b12-10-;8-6-;;/t25-,26-,31+,39-,40-;21-,25+,27+,33-,34-;;/m11../s1. The van der Waals surface area contributed by atoms with Crippen molar-refractivity contribution in [3.63, 3.8) is 0 Å². The molecule has 4 aromatic rings. The molecule has 8 heterocycles. The van der Waals surface area contributed by atoms with Crippen LogP contribution in [0.4, 0.5) is 26.3 Å². The minimum atomic E-state index is -4.90. The molecule has 7 N–H and O–H groups in total. The van der Waals surface area contributed by atoms with Gasteiger partial charge in [0.05, 0.1) is 51.4 Å². The van der Waals surface area contributed by atoms with E-state index in [4.69, 9.17) is 14.2 Å². The third-order valence-corrected chi connectivity index (χ3v) is 27.7. The van der Waals surface area contributed by atoms with Crippen LogP contribution in [-0.2, 0) is 71.2 Å². The zero-order valence-corrected chi connectivity index (χ0v) is 66.0. The smallest absolute Gasteiger partial charge is 0.573 e. The quantitative estimate of drug-likeness (QED) is 0.0652. The van der Waals surface area contributed by atoms with Gasteiger partial charge in [0, 0.05) is 58.9 Å². The summed E-state index contributed by atoms with van der Waals surface area (Å²) in [5.74, 6) is -6.11. The summed E-state index contributed by atoms with van der Waals surface area (Å²) in [5, 5.41) is 6.63. The number of benzene rings is 2. The molecule has 25 nitrogen and oxygen atoms in total. The van der Waals surface area contributed by atoms with Crippen LogP contribution in [0.5, 0.6) is 23.0 Å². The Kier molecular flexibility index (Phi) is 23.2. The minimum Gasteiger partial charge on any atom is -1.00 e. The summed E-state index contributed by atoms with van der Waals surface area (Å²) in [6.07, 6.45) is 7.83. The van der Waals surface area contributed by atoms with Crippen molar-refractivity contribution in [3.05, 3.63) is 83.2 Å². The van der Waals surface area contributed by atoms with E-state index in [2.05, 4.69) is 45.3 Å². The Bertz CT molecular complexity index is 4690. The number of pyridine rings is 2. The van der Waals surface area contributed by atoms with Gasteiger partial charge in [-0.3, -0.25) is 43.0 Å². The first-order chi connectivity index (χ1) is 51.0. The van der Waals surface area contributed by atoms with E-state index in [1.807, 2.05) is 24.3 Å². The molecule has 111 heavy (non-hydrogen) atoms. The Hall–Kier alpha value is -7.75. The van der Waals surface area contributed by atoms with Gasteiger partial charge in [0.25, 0.3) is 17.7 Å². The number of nitrogens with one attached hydrogen (secondary N) is 4. The largest absolute Gasteiger partial charge is 1.00 e. The number of ether oxygens (including phenoxy) is 5. The molecule has 0 bridgehead atoms. The van der Waals surface area contributed by atoms with Crippen molar-refractivity contribution >= 4 is 95.7 Å². The number of carbonyl (C=O) groups excluding carboxylic acids is 7. The molecule has 2 aromatic carbocycles. The highest BCUT2D eigenvalue weighted by Gasteiger charge is 2.66. The van der Waals surface area contributed by atoms with Gasteiger partial charge < -0.3 is 62.3 Å². The summed E-state index contributed by atoms with van der Waals surface area (Å²) in [7, 11) is -8.03. The second-order valence-corrected chi connectivity index (χ2v) is 37.4. The van der Waals surface area contributed by atoms with Gasteiger partial charge in [-0.15, -0.1) is 38.7 Å². The molecule has 10 aliphatic rings. The number of hydrogen-bond donors (Lipinski definition) is 5. The van der Waals surface area contributed by atoms with Gasteiger partial charge in [-0.2, -0.15) is 0 Å². The first-order valence-corrected chi connectivity index (χ1v) is 40.5. The fraction of sp³-hybridized carbons (Fsp3) is 0.618. The summed E-state index contributed by atoms with van der Waals surface area (Å²) in [6, 6.07) is 4.97. The van der Waals surface area contributed by atoms with Crippen LogP contribution in [0, 0.1) is 31.6 Å². The van der Waals surface area contributed by atoms with Crippen LogP contribution < -0.4 is 57.2 Å². The number of aromatic nitrogens is 2. The molecule has 4 aliphatic carbocycles. The molecule has 0 radical (unpaired) electrons. The summed E-state index contributed by atoms with van der Waals surface area (Å²) < 4.78 is 161. The predicted molar refractivity (Wildman–Crippen MR) is 390 cm³/mol. The highest BCUT2D eigenvalue weighted by Crippen LogP contribution is 2.53. The number of carbonyl (C=O) groups is 7. The lowest BCUT2D eigenvalue weighted by Gasteiger charge is -2.36. The van der Waals surface area contributed by atoms with Crippen LogP contribution in [0.2, 0.25) is 0 Å². The number of nitrogens with zero attached hydrogens (tertiary/aromatic N) is 4. The van der Waals surface area contributed by atoms with E-state index in [1.165, 1.54) is 46.2 Å². The maximum atomic E-state index is 14.8. The molecule has 10 atom stereocenters. The molecular weight excluding hydrogens is 1540 g/mol. The molecule has 14 rings (SSSR count). The Morgan fingerprint density at radius 2 is 1.03 bits per heavy atom. The number of halogens is 8. The first kappa shape index (κ1) is 84.2. The summed E-state index contributed by atoms with van der Waals surface area (Å²) in [4.78, 5) is 111. The molecule has 4 saturated carbocycles. The molecule has 35 heteroatoms. The fourth-order valence-electron chi connectivity index (χ4n) is 16.4. The normalized spacial score (nSPS) is 29.6. The van der Waals surface area contributed by atoms with Gasteiger partial charge >= 0.3 is 18.7 Å². The Balaban J connectivity index is 0.000000218. The molecule has 2 spiro atoms. The molecule has 0 unspecified atom stereocenters. The second-order valence-electron chi connectivity index (χ2n) is 33.0. The SMILES string of the molecule is Cc1nc2ccc(OC(F)(F)F)cc2c2c1O[C@]1(CC2)C[C@H]2C(=O)N[C@]3(C(=O)NS(=O)(=O)C4(C)CC4)C[C@H]3/C=C\CCCCC[C@H](CC(=O)OC(C)(C)C)C(=O)N2C1.Cc1nc2ccc(OC(F)(F)F)cc2c2c1O[C@]1(CC2)C[C@H]2C(=O)N[C@]3(C(=O)NS(=O)(=O)C4(C)CC4)C[C@H]3/C=C\CCCCC[C@H]([NH3+])C(=O)N2C1.Cl.[Cl-]. The van der Waals surface area contributed by atoms with Crippen molar-refractivity contribution in [3.8, 4) is 23.0 Å². The summed E-state index contributed by atoms with van der Waals surface area (Å²) >= 11 is 0. The van der Waals surface area contributed by atoms with Gasteiger partial charge in [0.1, 0.15) is 63.0 Å². The molecule has 6 aliphatic heterocycles. The Morgan fingerprint density at radius 1 is 0.613 bits per heavy atom. The lowest BCUT2D eigenvalue weighted by Crippen LogP contribution is -3.00. The van der Waals surface area contributed by atoms with E-state index in [0.717, 1.165) is 38.5 Å². The van der Waals surface area contributed by atoms with Crippen LogP contribution in [0.3, 0.4) is 0 Å². The van der Waals surface area contributed by atoms with Crippen molar-refractivity contribution in [2.75, 3.05) is 13.1 Å². The molecule has 2 aromatic heterocycles. The molecule has 608 valence electrons. The second kappa shape index (κ2) is 30.5. The highest BCUT2D eigenvalue weighted by atomic mass is 35.5. The number of sulfonamides is 2. The maximum Gasteiger partial charge on any atom is 0.573 e. The highest BCUT2D eigenvalue weighted by molar-refractivity contribution is 7.92. The van der Waals surface area contributed by atoms with E-state index >= 15 is 0 Å². The van der Waals surface area contributed by atoms with Gasteiger partial charge in [-0.1, -0.05) is 43.6 Å². The number of fused-ring (bicyclic) bond motifs is 10. The van der Waals surface area contributed by atoms with Crippen LogP contribution in [0.15, 0.2) is 60.7 Å². The van der Waals surface area contributed by atoms with Crippen LogP contribution >= 0.6 is 12.4 Å². The lowest BCUT2D eigenvalue weighted by molar-refractivity contribution is -0.407.